The molecule has 0 aromatic heterocycles. The third kappa shape index (κ3) is 3.86. The molecule has 1 saturated heterocycles. The van der Waals surface area contributed by atoms with Gasteiger partial charge in [0.25, 0.3) is 0 Å². The molecule has 0 bridgehead atoms. The molecular weight excluding hydrogens is 338 g/mol. The number of rotatable bonds is 5. The van der Waals surface area contributed by atoms with Crippen LogP contribution in [0.3, 0.4) is 0 Å². The van der Waals surface area contributed by atoms with Crippen molar-refractivity contribution in [3.8, 4) is 0 Å². The fourth-order valence-corrected chi connectivity index (χ4v) is 5.54. The summed E-state index contributed by atoms with van der Waals surface area (Å²) in [4.78, 5) is 2.81. The molecule has 1 fully saturated rings. The third-order valence-electron chi connectivity index (χ3n) is 6.61. The summed E-state index contributed by atoms with van der Waals surface area (Å²) in [7, 11) is 0. The number of hydrogen-bond donors (Lipinski definition) is 0. The minimum Gasteiger partial charge on any atom is -0.362 e. The molecule has 2 aromatic carbocycles. The molecule has 1 aliphatic heterocycles. The first-order valence-corrected chi connectivity index (χ1v) is 11.0. The second-order valence-electron chi connectivity index (χ2n) is 10.6. The number of benzene rings is 2. The van der Waals surface area contributed by atoms with Gasteiger partial charge in [-0.2, -0.15) is 0 Å². The minimum atomic E-state index is 0.136. The Morgan fingerprint density at radius 1 is 0.821 bits per heavy atom. The molecule has 1 heteroatoms. The Hall–Kier alpha value is -1.76. The maximum atomic E-state index is 2.81. The maximum Gasteiger partial charge on any atom is 0.0443 e. The van der Waals surface area contributed by atoms with Crippen LogP contribution in [0.15, 0.2) is 48.5 Å². The highest BCUT2D eigenvalue weighted by Crippen LogP contribution is 2.52. The van der Waals surface area contributed by atoms with Crippen LogP contribution >= 0.6 is 0 Å². The van der Waals surface area contributed by atoms with E-state index in [9.17, 15) is 0 Å². The molecule has 1 nitrogen and oxygen atoms in total. The van der Waals surface area contributed by atoms with Gasteiger partial charge < -0.3 is 4.90 Å². The Morgan fingerprint density at radius 2 is 1.36 bits per heavy atom. The zero-order valence-corrected chi connectivity index (χ0v) is 19.2. The van der Waals surface area contributed by atoms with Crippen LogP contribution in [0, 0.1) is 5.41 Å². The van der Waals surface area contributed by atoms with Gasteiger partial charge in [0.1, 0.15) is 0 Å². The van der Waals surface area contributed by atoms with Gasteiger partial charge in [0, 0.05) is 17.3 Å². The molecular formula is C27H39N. The first kappa shape index (κ1) is 21.0. The van der Waals surface area contributed by atoms with Crippen molar-refractivity contribution in [3.05, 3.63) is 65.2 Å². The van der Waals surface area contributed by atoms with Gasteiger partial charge >= 0.3 is 0 Å². The van der Waals surface area contributed by atoms with Gasteiger partial charge in [0.2, 0.25) is 0 Å². The fraction of sp³-hybridized carbons (Fsp3) is 0.556. The largest absolute Gasteiger partial charge is 0.362 e. The zero-order chi connectivity index (χ0) is 20.7. The quantitative estimate of drug-likeness (QED) is 0.519. The Kier molecular flexibility index (Phi) is 5.67. The molecule has 2 aromatic rings. The van der Waals surface area contributed by atoms with Crippen LogP contribution in [0.5, 0.6) is 0 Å². The smallest absolute Gasteiger partial charge is 0.0443 e. The summed E-state index contributed by atoms with van der Waals surface area (Å²) in [6.07, 6.45) is 2.31. The summed E-state index contributed by atoms with van der Waals surface area (Å²) in [6.45, 7) is 19.2. The maximum absolute atomic E-state index is 2.81. The van der Waals surface area contributed by atoms with Gasteiger partial charge in [-0.25, -0.2) is 0 Å². The van der Waals surface area contributed by atoms with E-state index in [1.54, 1.807) is 0 Å². The molecule has 0 saturated carbocycles. The number of para-hydroxylation sites is 1. The lowest BCUT2D eigenvalue weighted by Crippen LogP contribution is -2.47. The summed E-state index contributed by atoms with van der Waals surface area (Å²) in [5.74, 6) is 1.04. The number of nitrogens with zero attached hydrogens (tertiary/aromatic N) is 1. The summed E-state index contributed by atoms with van der Waals surface area (Å²) < 4.78 is 0. The zero-order valence-electron chi connectivity index (χ0n) is 19.2. The lowest BCUT2D eigenvalue weighted by Gasteiger charge is -2.43. The topological polar surface area (TPSA) is 3.24 Å². The Labute approximate surface area is 173 Å². The predicted octanol–water partition coefficient (Wildman–Crippen LogP) is 7.56. The molecule has 1 heterocycles. The van der Waals surface area contributed by atoms with Crippen LogP contribution in [0.1, 0.15) is 90.3 Å². The van der Waals surface area contributed by atoms with Crippen molar-refractivity contribution in [3.63, 3.8) is 0 Å². The normalized spacial score (nSPS) is 20.9. The molecule has 0 amide bonds. The van der Waals surface area contributed by atoms with Crippen LogP contribution < -0.4 is 4.90 Å². The van der Waals surface area contributed by atoms with E-state index < -0.39 is 0 Å². The minimum absolute atomic E-state index is 0.136. The van der Waals surface area contributed by atoms with Crippen LogP contribution in [0.4, 0.5) is 5.69 Å². The Morgan fingerprint density at radius 3 is 1.86 bits per heavy atom. The fourth-order valence-electron chi connectivity index (χ4n) is 5.54. The molecule has 3 rings (SSSR count). The van der Waals surface area contributed by atoms with E-state index in [2.05, 4.69) is 109 Å². The first-order valence-electron chi connectivity index (χ1n) is 11.0. The third-order valence-corrected chi connectivity index (χ3v) is 6.61. The molecule has 0 spiro atoms. The molecule has 28 heavy (non-hydrogen) atoms. The molecule has 1 atom stereocenters. The van der Waals surface area contributed by atoms with Gasteiger partial charge in [-0.3, -0.25) is 0 Å². The van der Waals surface area contributed by atoms with E-state index in [-0.39, 0.29) is 11.0 Å². The molecule has 0 radical (unpaired) electrons. The molecule has 0 N–H and O–H groups in total. The van der Waals surface area contributed by atoms with Crippen LogP contribution in [-0.4, -0.2) is 11.6 Å². The summed E-state index contributed by atoms with van der Waals surface area (Å²) >= 11 is 0. The Bertz CT molecular complexity index is 772. The second-order valence-corrected chi connectivity index (χ2v) is 10.6. The van der Waals surface area contributed by atoms with Crippen molar-refractivity contribution in [2.75, 3.05) is 4.90 Å². The molecule has 1 aliphatic rings. The van der Waals surface area contributed by atoms with E-state index in [4.69, 9.17) is 0 Å². The van der Waals surface area contributed by atoms with Gasteiger partial charge in [0.15, 0.2) is 0 Å². The Balaban J connectivity index is 2.19. The van der Waals surface area contributed by atoms with Crippen LogP contribution in [0.2, 0.25) is 0 Å². The first-order chi connectivity index (χ1) is 13.0. The highest BCUT2D eigenvalue weighted by Gasteiger charge is 2.51. The van der Waals surface area contributed by atoms with Crippen molar-refractivity contribution in [2.24, 2.45) is 5.41 Å². The lowest BCUT2D eigenvalue weighted by molar-refractivity contribution is 0.315. The molecule has 1 unspecified atom stereocenters. The standard InChI is InChI=1S/C27H39N/c1-19(2)22-15-12-16-23(20(3)4)25(22)28-24(17-21-13-10-9-11-14-21)26(5,6)18-27(28,7)8/h9-16,19-20,24H,17-18H2,1-8H3. The number of hydrogen-bond acceptors (Lipinski definition) is 1. The SMILES string of the molecule is CC(C)c1cccc(C(C)C)c1N1C(Cc2ccccc2)C(C)(C)CC1(C)C. The lowest BCUT2D eigenvalue weighted by atomic mass is 9.79. The summed E-state index contributed by atoms with van der Waals surface area (Å²) in [5, 5.41) is 0. The van der Waals surface area contributed by atoms with Crippen molar-refractivity contribution in [1.82, 2.24) is 0 Å². The van der Waals surface area contributed by atoms with Gasteiger partial charge in [-0.1, -0.05) is 90.1 Å². The average molecular weight is 378 g/mol. The van der Waals surface area contributed by atoms with Gasteiger partial charge in [0.05, 0.1) is 0 Å². The monoisotopic (exact) mass is 377 g/mol. The molecule has 0 aliphatic carbocycles. The van der Waals surface area contributed by atoms with E-state index >= 15 is 0 Å². The highest BCUT2D eigenvalue weighted by atomic mass is 15.3. The van der Waals surface area contributed by atoms with Crippen LogP contribution in [-0.2, 0) is 6.42 Å². The van der Waals surface area contributed by atoms with E-state index in [0.29, 0.717) is 17.9 Å². The van der Waals surface area contributed by atoms with E-state index in [1.165, 1.54) is 28.8 Å². The van der Waals surface area contributed by atoms with Crippen molar-refractivity contribution in [1.29, 1.82) is 0 Å². The van der Waals surface area contributed by atoms with E-state index in [0.717, 1.165) is 6.42 Å². The van der Waals surface area contributed by atoms with Gasteiger partial charge in [-0.15, -0.1) is 0 Å². The van der Waals surface area contributed by atoms with Gasteiger partial charge in [-0.05, 0) is 60.6 Å². The van der Waals surface area contributed by atoms with Crippen molar-refractivity contribution < 1.29 is 0 Å². The predicted molar refractivity (Wildman–Crippen MR) is 124 cm³/mol. The highest BCUT2D eigenvalue weighted by molar-refractivity contribution is 5.65. The average Bonchev–Trinajstić information content (AvgIpc) is 2.78. The van der Waals surface area contributed by atoms with Crippen molar-refractivity contribution >= 4 is 5.69 Å². The second kappa shape index (κ2) is 7.58. The number of anilines is 1. The van der Waals surface area contributed by atoms with E-state index in [1.807, 2.05) is 0 Å². The van der Waals surface area contributed by atoms with Crippen molar-refractivity contribution in [2.45, 2.75) is 91.6 Å². The molecule has 152 valence electrons. The summed E-state index contributed by atoms with van der Waals surface area (Å²) in [5.41, 5.74) is 6.33. The van der Waals surface area contributed by atoms with Crippen LogP contribution in [0.25, 0.3) is 0 Å². The summed E-state index contributed by atoms with van der Waals surface area (Å²) in [6, 6.07) is 18.5.